The van der Waals surface area contributed by atoms with Gasteiger partial charge in [0.05, 0.1) is 6.61 Å². The first-order valence-corrected chi connectivity index (χ1v) is 10.1. The van der Waals surface area contributed by atoms with Crippen LogP contribution < -0.4 is 9.47 Å². The third-order valence-corrected chi connectivity index (χ3v) is 4.83. The van der Waals surface area contributed by atoms with E-state index < -0.39 is 11.8 Å². The summed E-state index contributed by atoms with van der Waals surface area (Å²) in [5, 5.41) is 13.1. The Balaban J connectivity index is 1.72. The first-order chi connectivity index (χ1) is 15.6. The van der Waals surface area contributed by atoms with Gasteiger partial charge in [-0.25, -0.2) is 9.78 Å². The third kappa shape index (κ3) is 4.13. The minimum Gasteiger partial charge on any atom is -0.618 e. The number of carbonyl (C=O) groups excluding carboxylic acids is 2. The third-order valence-electron chi connectivity index (χ3n) is 4.83. The molecule has 0 atom stereocenters. The first-order valence-electron chi connectivity index (χ1n) is 10.1. The molecule has 1 aromatic heterocycles. The van der Waals surface area contributed by atoms with Crippen molar-refractivity contribution in [1.29, 1.82) is 0 Å². The van der Waals surface area contributed by atoms with Crippen LogP contribution in [-0.2, 0) is 11.3 Å². The number of aromatic nitrogens is 2. The Morgan fingerprint density at radius 3 is 2.41 bits per heavy atom. The number of benzene rings is 3. The quantitative estimate of drug-likeness (QED) is 0.192. The highest BCUT2D eigenvalue weighted by molar-refractivity contribution is 6.07. The summed E-state index contributed by atoms with van der Waals surface area (Å²) in [5.74, 6) is -0.745. The molecule has 7 heteroatoms. The van der Waals surface area contributed by atoms with Gasteiger partial charge in [0.25, 0.3) is 11.5 Å². The smallest absolute Gasteiger partial charge is 0.342 e. The summed E-state index contributed by atoms with van der Waals surface area (Å²) in [7, 11) is 0. The van der Waals surface area contributed by atoms with E-state index in [1.54, 1.807) is 78.9 Å². The van der Waals surface area contributed by atoms with Crippen molar-refractivity contribution >= 4 is 22.8 Å². The number of esters is 1. The molecular formula is C25H20N2O5. The van der Waals surface area contributed by atoms with E-state index in [9.17, 15) is 14.8 Å². The zero-order chi connectivity index (χ0) is 22.5. The Labute approximate surface area is 184 Å². The van der Waals surface area contributed by atoms with E-state index in [4.69, 9.17) is 9.47 Å². The lowest BCUT2D eigenvalue weighted by atomic mass is 10.1. The highest BCUT2D eigenvalue weighted by Gasteiger charge is 2.28. The molecule has 4 aromatic rings. The molecule has 0 radical (unpaired) electrons. The van der Waals surface area contributed by atoms with E-state index in [0.29, 0.717) is 28.2 Å². The predicted octanol–water partition coefficient (Wildman–Crippen LogP) is 3.85. The van der Waals surface area contributed by atoms with E-state index >= 15 is 0 Å². The molecule has 7 nitrogen and oxygen atoms in total. The van der Waals surface area contributed by atoms with Crippen molar-refractivity contribution < 1.29 is 23.8 Å². The Morgan fingerprint density at radius 2 is 1.62 bits per heavy atom. The first kappa shape index (κ1) is 21.0. The Bertz CT molecular complexity index is 1290. The molecule has 3 aromatic carbocycles. The molecule has 0 bridgehead atoms. The Hall–Kier alpha value is -4.26. The molecule has 0 spiro atoms. The molecule has 0 amide bonds. The number of hydrogen-bond acceptors (Lipinski definition) is 6. The van der Waals surface area contributed by atoms with Crippen LogP contribution in [0.1, 0.15) is 39.0 Å². The zero-order valence-electron chi connectivity index (χ0n) is 17.4. The van der Waals surface area contributed by atoms with Crippen molar-refractivity contribution in [1.82, 2.24) is 4.98 Å². The summed E-state index contributed by atoms with van der Waals surface area (Å²) < 4.78 is 11.5. The zero-order valence-corrected chi connectivity index (χ0v) is 17.4. The van der Waals surface area contributed by atoms with E-state index in [1.807, 2.05) is 6.92 Å². The summed E-state index contributed by atoms with van der Waals surface area (Å²) in [6, 6.07) is 21.8. The molecule has 0 N–H and O–H groups in total. The largest absolute Gasteiger partial charge is 0.618 e. The number of fused-ring (bicyclic) bond motifs is 1. The second kappa shape index (κ2) is 9.26. The van der Waals surface area contributed by atoms with Gasteiger partial charge in [0.1, 0.15) is 23.4 Å². The van der Waals surface area contributed by atoms with Crippen molar-refractivity contribution in [3.8, 4) is 5.75 Å². The molecule has 0 aliphatic heterocycles. The van der Waals surface area contributed by atoms with Crippen LogP contribution >= 0.6 is 0 Å². The fraction of sp³-hybridized carbons (Fsp3) is 0.120. The molecular weight excluding hydrogens is 408 g/mol. The molecule has 0 aliphatic carbocycles. The monoisotopic (exact) mass is 428 g/mol. The fourth-order valence-electron chi connectivity index (χ4n) is 3.34. The van der Waals surface area contributed by atoms with Crippen LogP contribution in [0.5, 0.6) is 5.75 Å². The lowest BCUT2D eigenvalue weighted by molar-refractivity contribution is -0.580. The average molecular weight is 428 g/mol. The van der Waals surface area contributed by atoms with E-state index in [2.05, 4.69) is 4.98 Å². The van der Waals surface area contributed by atoms with Crippen LogP contribution in [-0.4, -0.2) is 23.3 Å². The van der Waals surface area contributed by atoms with Gasteiger partial charge in [0.2, 0.25) is 5.52 Å². The summed E-state index contributed by atoms with van der Waals surface area (Å²) in [6.45, 7) is 1.86. The SMILES string of the molecule is CCOc1ccccc1C(=O)OCc1nc2ccccc2[n+]([O-])c1C(=O)c1ccccc1. The summed E-state index contributed by atoms with van der Waals surface area (Å²) in [6.07, 6.45) is 0. The predicted molar refractivity (Wildman–Crippen MR) is 117 cm³/mol. The van der Waals surface area contributed by atoms with Crippen LogP contribution in [0, 0.1) is 5.21 Å². The molecule has 160 valence electrons. The normalized spacial score (nSPS) is 10.7. The lowest BCUT2D eigenvalue weighted by Crippen LogP contribution is -2.38. The molecule has 0 saturated heterocycles. The van der Waals surface area contributed by atoms with Crippen molar-refractivity contribution in [2.24, 2.45) is 0 Å². The number of rotatable bonds is 7. The fourth-order valence-corrected chi connectivity index (χ4v) is 3.34. The van der Waals surface area contributed by atoms with Crippen LogP contribution in [0.4, 0.5) is 0 Å². The number of carbonyl (C=O) groups is 2. The van der Waals surface area contributed by atoms with Gasteiger partial charge in [-0.2, -0.15) is 4.73 Å². The van der Waals surface area contributed by atoms with Crippen molar-refractivity contribution in [3.63, 3.8) is 0 Å². The van der Waals surface area contributed by atoms with Crippen molar-refractivity contribution in [3.05, 3.63) is 107 Å². The molecule has 0 saturated carbocycles. The van der Waals surface area contributed by atoms with Gasteiger partial charge in [0, 0.05) is 11.6 Å². The Morgan fingerprint density at radius 1 is 0.938 bits per heavy atom. The minimum absolute atomic E-state index is 0.0785. The highest BCUT2D eigenvalue weighted by atomic mass is 16.5. The van der Waals surface area contributed by atoms with Gasteiger partial charge in [-0.3, -0.25) is 4.79 Å². The van der Waals surface area contributed by atoms with Gasteiger partial charge in [-0.15, -0.1) is 0 Å². The molecule has 0 fully saturated rings. The van der Waals surface area contributed by atoms with E-state index in [0.717, 1.165) is 0 Å². The molecule has 0 aliphatic rings. The van der Waals surface area contributed by atoms with Gasteiger partial charge >= 0.3 is 5.97 Å². The number of hydrogen-bond donors (Lipinski definition) is 0. The molecule has 32 heavy (non-hydrogen) atoms. The Kier molecular flexibility index (Phi) is 6.07. The summed E-state index contributed by atoms with van der Waals surface area (Å²) >= 11 is 0. The maximum Gasteiger partial charge on any atom is 0.342 e. The van der Waals surface area contributed by atoms with Crippen LogP contribution in [0.15, 0.2) is 78.9 Å². The van der Waals surface area contributed by atoms with Crippen LogP contribution in [0.25, 0.3) is 11.0 Å². The second-order valence-electron chi connectivity index (χ2n) is 6.89. The number of para-hydroxylation sites is 3. The minimum atomic E-state index is -0.639. The molecule has 1 heterocycles. The summed E-state index contributed by atoms with van der Waals surface area (Å²) in [4.78, 5) is 30.3. The number of ketones is 1. The highest BCUT2D eigenvalue weighted by Crippen LogP contribution is 2.21. The maximum absolute atomic E-state index is 13.2. The van der Waals surface area contributed by atoms with Crippen LogP contribution in [0.2, 0.25) is 0 Å². The van der Waals surface area contributed by atoms with Gasteiger partial charge in [-0.1, -0.05) is 54.6 Å². The molecule has 0 unspecified atom stereocenters. The maximum atomic E-state index is 13.2. The van der Waals surface area contributed by atoms with E-state index in [1.165, 1.54) is 0 Å². The molecule has 4 rings (SSSR count). The average Bonchev–Trinajstić information content (AvgIpc) is 2.83. The van der Waals surface area contributed by atoms with Gasteiger partial charge in [-0.05, 0) is 25.1 Å². The summed E-state index contributed by atoms with van der Waals surface area (Å²) in [5.41, 5.74) is 1.14. The van der Waals surface area contributed by atoms with Crippen molar-refractivity contribution in [2.75, 3.05) is 6.61 Å². The second-order valence-corrected chi connectivity index (χ2v) is 6.89. The van der Waals surface area contributed by atoms with Crippen molar-refractivity contribution in [2.45, 2.75) is 13.5 Å². The van der Waals surface area contributed by atoms with Gasteiger partial charge in [0.15, 0.2) is 5.69 Å². The number of nitrogens with zero attached hydrogens (tertiary/aromatic N) is 2. The topological polar surface area (TPSA) is 92.4 Å². The number of ether oxygens (including phenoxy) is 2. The van der Waals surface area contributed by atoms with E-state index in [-0.39, 0.29) is 29.1 Å². The van der Waals surface area contributed by atoms with Gasteiger partial charge < -0.3 is 14.7 Å². The standard InChI is InChI=1S/C25H20N2O5/c1-2-31-22-15-9-6-12-18(22)25(29)32-16-20-23(24(28)17-10-4-3-5-11-17)27(30)21-14-8-7-13-19(21)26-20/h3-15H,2,16H2,1H3. The van der Waals surface area contributed by atoms with Crippen LogP contribution in [0.3, 0.4) is 0 Å². The lowest BCUT2D eigenvalue weighted by Gasteiger charge is -2.13.